The van der Waals surface area contributed by atoms with Crippen molar-refractivity contribution in [1.29, 1.82) is 0 Å². The van der Waals surface area contributed by atoms with Crippen molar-refractivity contribution in [2.45, 2.75) is 0 Å². The monoisotopic (exact) mass is 798 g/mol. The van der Waals surface area contributed by atoms with E-state index in [0.717, 1.165) is 0 Å². The molecule has 0 rings (SSSR count). The Kier molecular flexibility index (Phi) is 51.0. The van der Waals surface area contributed by atoms with Crippen LogP contribution in [-0.2, 0) is 80.5 Å². The summed E-state index contributed by atoms with van der Waals surface area (Å²) in [6.07, 6.45) is 10.2. The van der Waals surface area contributed by atoms with Gasteiger partial charge in [0.2, 0.25) is 0 Å². The van der Waals surface area contributed by atoms with Gasteiger partial charge >= 0.3 is 0 Å². The van der Waals surface area contributed by atoms with Gasteiger partial charge in [-0.05, 0) is 0 Å². The Hall–Kier alpha value is -1.56. The standard InChI is InChI=1S/C38H70O17/c1-3-5-39-7-9-41-11-13-43-15-17-45-19-21-47-23-25-49-27-29-51-31-33-53-35-37-55-38-36-54-34-32-52-30-28-50-26-24-48-22-20-46-18-16-44-14-12-42-10-8-40-6-4-2/h1-2H,5-38H2. The summed E-state index contributed by atoms with van der Waals surface area (Å²) in [6, 6.07) is 0. The summed E-state index contributed by atoms with van der Waals surface area (Å²) in [6.45, 7) is 16.6. The average Bonchev–Trinajstić information content (AvgIpc) is 3.20. The minimum atomic E-state index is 0.303. The second-order valence-corrected chi connectivity index (χ2v) is 10.7. The summed E-state index contributed by atoms with van der Waals surface area (Å²) < 4.78 is 92.0. The zero-order chi connectivity index (χ0) is 39.5. The highest BCUT2D eigenvalue weighted by Gasteiger charge is 1.98. The van der Waals surface area contributed by atoms with Crippen LogP contribution >= 0.6 is 0 Å². The van der Waals surface area contributed by atoms with Crippen LogP contribution in [0.3, 0.4) is 0 Å². The summed E-state index contributed by atoms with van der Waals surface area (Å²) in [4.78, 5) is 0. The molecule has 0 heterocycles. The van der Waals surface area contributed by atoms with Gasteiger partial charge in [0.25, 0.3) is 0 Å². The maximum Gasteiger partial charge on any atom is 0.107 e. The topological polar surface area (TPSA) is 157 Å². The lowest BCUT2D eigenvalue weighted by Gasteiger charge is -2.09. The first-order valence-corrected chi connectivity index (χ1v) is 19.1. The molecule has 0 fully saturated rings. The zero-order valence-electron chi connectivity index (χ0n) is 33.1. The van der Waals surface area contributed by atoms with Crippen LogP contribution < -0.4 is 0 Å². The highest BCUT2D eigenvalue weighted by molar-refractivity contribution is 4.83. The Morgan fingerprint density at radius 2 is 0.255 bits per heavy atom. The molecule has 0 aromatic heterocycles. The molecular weight excluding hydrogens is 728 g/mol. The average molecular weight is 799 g/mol. The SMILES string of the molecule is C#CCOCCOCCOCCOCCOCCOCCOCCOCCOCCOCCOCCOCCOCCOCCOCCOCCOCC#C. The third-order valence-corrected chi connectivity index (χ3v) is 6.32. The maximum atomic E-state index is 5.49. The van der Waals surface area contributed by atoms with Crippen LogP contribution in [0.15, 0.2) is 0 Å². The molecule has 0 saturated heterocycles. The lowest BCUT2D eigenvalue weighted by molar-refractivity contribution is -0.0305. The van der Waals surface area contributed by atoms with Crippen LogP contribution in [0.5, 0.6) is 0 Å². The Bertz CT molecular complexity index is 721. The molecule has 0 radical (unpaired) electrons. The van der Waals surface area contributed by atoms with Crippen molar-refractivity contribution in [3.63, 3.8) is 0 Å². The van der Waals surface area contributed by atoms with Gasteiger partial charge in [0.1, 0.15) is 13.2 Å². The molecule has 17 nitrogen and oxygen atoms in total. The smallest absolute Gasteiger partial charge is 0.107 e. The minimum absolute atomic E-state index is 0.303. The molecule has 0 aromatic carbocycles. The summed E-state index contributed by atoms with van der Waals surface area (Å²) in [5.74, 6) is 4.80. The van der Waals surface area contributed by atoms with Crippen LogP contribution in [0.4, 0.5) is 0 Å². The van der Waals surface area contributed by atoms with Crippen molar-refractivity contribution in [2.75, 3.05) is 225 Å². The van der Waals surface area contributed by atoms with Crippen molar-refractivity contribution < 1.29 is 80.5 Å². The minimum Gasteiger partial charge on any atom is -0.377 e. The normalized spacial score (nSPS) is 11.3. The maximum absolute atomic E-state index is 5.49. The van der Waals surface area contributed by atoms with Gasteiger partial charge in [-0.2, -0.15) is 0 Å². The molecule has 0 aromatic rings. The lowest BCUT2D eigenvalue weighted by atomic mass is 10.6. The van der Waals surface area contributed by atoms with Gasteiger partial charge in [-0.25, -0.2) is 0 Å². The van der Waals surface area contributed by atoms with Crippen molar-refractivity contribution in [2.24, 2.45) is 0 Å². The van der Waals surface area contributed by atoms with Crippen LogP contribution in [-0.4, -0.2) is 225 Å². The molecule has 0 aliphatic heterocycles. The fourth-order valence-corrected chi connectivity index (χ4v) is 3.68. The van der Waals surface area contributed by atoms with Gasteiger partial charge < -0.3 is 80.5 Å². The number of terminal acetylenes is 2. The van der Waals surface area contributed by atoms with E-state index < -0.39 is 0 Å². The van der Waals surface area contributed by atoms with Gasteiger partial charge in [0.05, 0.1) is 211 Å². The molecule has 17 heteroatoms. The highest BCUT2D eigenvalue weighted by atomic mass is 16.6. The molecule has 0 atom stereocenters. The van der Waals surface area contributed by atoms with Crippen LogP contribution in [0.2, 0.25) is 0 Å². The second-order valence-electron chi connectivity index (χ2n) is 10.7. The Morgan fingerprint density at radius 3 is 0.345 bits per heavy atom. The van der Waals surface area contributed by atoms with Crippen molar-refractivity contribution in [3.05, 3.63) is 0 Å². The summed E-state index contributed by atoms with van der Waals surface area (Å²) >= 11 is 0. The third-order valence-electron chi connectivity index (χ3n) is 6.32. The van der Waals surface area contributed by atoms with E-state index in [4.69, 9.17) is 93.4 Å². The molecule has 0 unspecified atom stereocenters. The van der Waals surface area contributed by atoms with Crippen LogP contribution in [0, 0.1) is 24.7 Å². The van der Waals surface area contributed by atoms with E-state index in [0.29, 0.717) is 225 Å². The molecule has 0 aliphatic carbocycles. The first-order chi connectivity index (χ1) is 27.4. The van der Waals surface area contributed by atoms with E-state index in [-0.39, 0.29) is 0 Å². The third kappa shape index (κ3) is 52.4. The molecule has 0 N–H and O–H groups in total. The van der Waals surface area contributed by atoms with Crippen molar-refractivity contribution >= 4 is 0 Å². The molecular formula is C38H70O17. The number of hydrogen-bond donors (Lipinski definition) is 0. The first kappa shape index (κ1) is 53.4. The molecule has 0 bridgehead atoms. The van der Waals surface area contributed by atoms with E-state index in [1.54, 1.807) is 0 Å². The fourth-order valence-electron chi connectivity index (χ4n) is 3.68. The fraction of sp³-hybridized carbons (Fsp3) is 0.895. The molecule has 0 amide bonds. The van der Waals surface area contributed by atoms with Gasteiger partial charge in [-0.15, -0.1) is 12.8 Å². The molecule has 324 valence electrons. The predicted molar refractivity (Wildman–Crippen MR) is 202 cm³/mol. The lowest BCUT2D eigenvalue weighted by Crippen LogP contribution is -2.16. The largest absolute Gasteiger partial charge is 0.377 e. The first-order valence-electron chi connectivity index (χ1n) is 19.1. The van der Waals surface area contributed by atoms with E-state index in [1.807, 2.05) is 0 Å². The summed E-state index contributed by atoms with van der Waals surface area (Å²) in [7, 11) is 0. The number of rotatable bonds is 50. The van der Waals surface area contributed by atoms with Gasteiger partial charge in [0, 0.05) is 0 Å². The van der Waals surface area contributed by atoms with E-state index in [9.17, 15) is 0 Å². The van der Waals surface area contributed by atoms with Crippen molar-refractivity contribution in [1.82, 2.24) is 0 Å². The van der Waals surface area contributed by atoms with Crippen molar-refractivity contribution in [3.8, 4) is 24.7 Å². The molecule has 0 saturated carbocycles. The number of ether oxygens (including phenoxy) is 17. The van der Waals surface area contributed by atoms with E-state index in [2.05, 4.69) is 11.8 Å². The van der Waals surface area contributed by atoms with Crippen LogP contribution in [0.25, 0.3) is 0 Å². The Balaban J connectivity index is 3.05. The van der Waals surface area contributed by atoms with Gasteiger partial charge in [0.15, 0.2) is 0 Å². The van der Waals surface area contributed by atoms with Gasteiger partial charge in [-0.3, -0.25) is 0 Å². The molecule has 55 heavy (non-hydrogen) atoms. The quantitative estimate of drug-likeness (QED) is 0.0620. The Labute approximate surface area is 329 Å². The predicted octanol–water partition coefficient (Wildman–Crippen LogP) is 0.535. The second kappa shape index (κ2) is 52.4. The summed E-state index contributed by atoms with van der Waals surface area (Å²) in [5.41, 5.74) is 0. The summed E-state index contributed by atoms with van der Waals surface area (Å²) in [5, 5.41) is 0. The zero-order valence-corrected chi connectivity index (χ0v) is 33.1. The molecule has 0 aliphatic rings. The van der Waals surface area contributed by atoms with Crippen LogP contribution in [0.1, 0.15) is 0 Å². The Morgan fingerprint density at radius 1 is 0.164 bits per heavy atom. The highest BCUT2D eigenvalue weighted by Crippen LogP contribution is 1.89. The van der Waals surface area contributed by atoms with Gasteiger partial charge in [-0.1, -0.05) is 11.8 Å². The van der Waals surface area contributed by atoms with E-state index >= 15 is 0 Å². The number of hydrogen-bond acceptors (Lipinski definition) is 17. The molecule has 0 spiro atoms. The van der Waals surface area contributed by atoms with E-state index in [1.165, 1.54) is 0 Å².